The Balaban J connectivity index is 1.87. The average molecular weight is 242 g/mol. The molecule has 0 aliphatic carbocycles. The van der Waals surface area contributed by atoms with Crippen LogP contribution in [0.3, 0.4) is 0 Å². The van der Waals surface area contributed by atoms with Crippen molar-refractivity contribution in [3.63, 3.8) is 0 Å². The van der Waals surface area contributed by atoms with Gasteiger partial charge in [-0.25, -0.2) is 0 Å². The van der Waals surface area contributed by atoms with Crippen LogP contribution >= 0.6 is 0 Å². The number of amides is 1. The zero-order valence-corrected chi connectivity index (χ0v) is 10.7. The summed E-state index contributed by atoms with van der Waals surface area (Å²) in [5.74, 6) is 0.796. The molecule has 0 radical (unpaired) electrons. The van der Waals surface area contributed by atoms with E-state index >= 15 is 0 Å². The zero-order chi connectivity index (χ0) is 12.5. The minimum atomic E-state index is 0.172. The summed E-state index contributed by atoms with van der Waals surface area (Å²) in [5.41, 5.74) is 1.88. The minimum Gasteiger partial charge on any atom is -0.338 e. The predicted molar refractivity (Wildman–Crippen MR) is 71.7 cm³/mol. The molecule has 3 nitrogen and oxygen atoms in total. The fourth-order valence-electron chi connectivity index (χ4n) is 2.73. The van der Waals surface area contributed by atoms with Crippen molar-refractivity contribution in [2.45, 2.75) is 19.8 Å². The van der Waals surface area contributed by atoms with Crippen molar-refractivity contribution in [3.05, 3.63) is 42.2 Å². The van der Waals surface area contributed by atoms with E-state index in [4.69, 9.17) is 0 Å². The second-order valence-electron chi connectivity index (χ2n) is 5.26. The van der Waals surface area contributed by atoms with Crippen molar-refractivity contribution >= 4 is 11.4 Å². The normalized spacial score (nSPS) is 20.3. The van der Waals surface area contributed by atoms with Gasteiger partial charge in [-0.1, -0.05) is 13.0 Å². The Bertz CT molecular complexity index is 540. The third kappa shape index (κ3) is 2.01. The van der Waals surface area contributed by atoms with Crippen molar-refractivity contribution in [1.82, 2.24) is 9.30 Å². The van der Waals surface area contributed by atoms with Gasteiger partial charge in [-0.15, -0.1) is 0 Å². The summed E-state index contributed by atoms with van der Waals surface area (Å²) in [6, 6.07) is 7.97. The van der Waals surface area contributed by atoms with E-state index in [-0.39, 0.29) is 5.91 Å². The lowest BCUT2D eigenvalue weighted by molar-refractivity contribution is 0.0683. The monoisotopic (exact) mass is 242 g/mol. The highest BCUT2D eigenvalue weighted by Gasteiger charge is 2.22. The Morgan fingerprint density at radius 1 is 1.39 bits per heavy atom. The SMILES string of the molecule is C[C@H]1CCCN(C(=O)c2cc3ccccn3c2)C1. The van der Waals surface area contributed by atoms with Crippen molar-refractivity contribution in [2.75, 3.05) is 13.1 Å². The molecule has 1 amide bonds. The molecule has 1 aliphatic rings. The Morgan fingerprint density at radius 2 is 2.28 bits per heavy atom. The summed E-state index contributed by atoms with van der Waals surface area (Å²) >= 11 is 0. The molecule has 0 spiro atoms. The highest BCUT2D eigenvalue weighted by Crippen LogP contribution is 2.19. The highest BCUT2D eigenvalue weighted by molar-refractivity contribution is 5.95. The fraction of sp³-hybridized carbons (Fsp3) is 0.400. The zero-order valence-electron chi connectivity index (χ0n) is 10.7. The number of aromatic nitrogens is 1. The van der Waals surface area contributed by atoms with Crippen LogP contribution in [0.15, 0.2) is 36.7 Å². The number of hydrogen-bond acceptors (Lipinski definition) is 1. The minimum absolute atomic E-state index is 0.172. The topological polar surface area (TPSA) is 24.7 Å². The molecular weight excluding hydrogens is 224 g/mol. The Kier molecular flexibility index (Phi) is 2.82. The summed E-state index contributed by atoms with van der Waals surface area (Å²) in [7, 11) is 0. The summed E-state index contributed by atoms with van der Waals surface area (Å²) in [6.07, 6.45) is 6.27. The van der Waals surface area contributed by atoms with Gasteiger partial charge in [0.25, 0.3) is 5.91 Å². The van der Waals surface area contributed by atoms with Gasteiger partial charge in [-0.05, 0) is 37.0 Å². The number of nitrogens with zero attached hydrogens (tertiary/aromatic N) is 2. The third-order valence-electron chi connectivity index (χ3n) is 3.70. The standard InChI is InChI=1S/C15H18N2O/c1-12-5-4-8-17(10-12)15(18)13-9-14-6-2-3-7-16(14)11-13/h2-3,6-7,9,11-12H,4-5,8,10H2,1H3/t12-/m0/s1. The molecule has 3 heteroatoms. The average Bonchev–Trinajstić information content (AvgIpc) is 2.81. The highest BCUT2D eigenvalue weighted by atomic mass is 16.2. The molecule has 0 saturated carbocycles. The molecule has 3 rings (SSSR count). The molecule has 0 N–H and O–H groups in total. The van der Waals surface area contributed by atoms with Crippen molar-refractivity contribution in [1.29, 1.82) is 0 Å². The molecule has 0 bridgehead atoms. The van der Waals surface area contributed by atoms with E-state index in [1.807, 2.05) is 46.0 Å². The predicted octanol–water partition coefficient (Wildman–Crippen LogP) is 2.81. The summed E-state index contributed by atoms with van der Waals surface area (Å²) in [4.78, 5) is 14.4. The number of pyridine rings is 1. The van der Waals surface area contributed by atoms with Crippen LogP contribution < -0.4 is 0 Å². The first-order chi connectivity index (χ1) is 8.74. The van der Waals surface area contributed by atoms with Gasteiger partial charge in [0.2, 0.25) is 0 Å². The molecule has 1 fully saturated rings. The van der Waals surface area contributed by atoms with E-state index in [1.54, 1.807) is 0 Å². The van der Waals surface area contributed by atoms with Crippen molar-refractivity contribution in [2.24, 2.45) is 5.92 Å². The van der Waals surface area contributed by atoms with E-state index < -0.39 is 0 Å². The maximum absolute atomic E-state index is 12.4. The van der Waals surface area contributed by atoms with Gasteiger partial charge in [0.1, 0.15) is 0 Å². The van der Waals surface area contributed by atoms with E-state index in [9.17, 15) is 4.79 Å². The van der Waals surface area contributed by atoms with Gasteiger partial charge in [-0.3, -0.25) is 4.79 Å². The summed E-state index contributed by atoms with van der Waals surface area (Å²) in [5, 5.41) is 0. The molecule has 94 valence electrons. The van der Waals surface area contributed by atoms with Crippen molar-refractivity contribution < 1.29 is 4.79 Å². The first kappa shape index (κ1) is 11.3. The quantitative estimate of drug-likeness (QED) is 0.754. The third-order valence-corrected chi connectivity index (χ3v) is 3.70. The van der Waals surface area contributed by atoms with Crippen molar-refractivity contribution in [3.8, 4) is 0 Å². The van der Waals surface area contributed by atoms with Crippen LogP contribution in [0.2, 0.25) is 0 Å². The second kappa shape index (κ2) is 4.48. The van der Waals surface area contributed by atoms with Gasteiger partial charge < -0.3 is 9.30 Å². The molecule has 0 aromatic carbocycles. The maximum atomic E-state index is 12.4. The molecule has 2 aromatic heterocycles. The van der Waals surface area contributed by atoms with E-state index in [2.05, 4.69) is 6.92 Å². The summed E-state index contributed by atoms with van der Waals surface area (Å²) < 4.78 is 2.00. The fourth-order valence-corrected chi connectivity index (χ4v) is 2.73. The second-order valence-corrected chi connectivity index (χ2v) is 5.26. The molecule has 1 atom stereocenters. The van der Waals surface area contributed by atoms with Gasteiger partial charge in [0, 0.05) is 31.0 Å². The van der Waals surface area contributed by atoms with Crippen LogP contribution in [0.4, 0.5) is 0 Å². The van der Waals surface area contributed by atoms with Crippen LogP contribution in [0.25, 0.3) is 5.52 Å². The van der Waals surface area contributed by atoms with Crippen LogP contribution in [-0.2, 0) is 0 Å². The van der Waals surface area contributed by atoms with Crippen LogP contribution in [0, 0.1) is 5.92 Å². The largest absolute Gasteiger partial charge is 0.338 e. The van der Waals surface area contributed by atoms with Gasteiger partial charge in [-0.2, -0.15) is 0 Å². The first-order valence-corrected chi connectivity index (χ1v) is 6.60. The van der Waals surface area contributed by atoms with Crippen LogP contribution in [-0.4, -0.2) is 28.3 Å². The first-order valence-electron chi connectivity index (χ1n) is 6.60. The van der Waals surface area contributed by atoms with Gasteiger partial charge in [0.15, 0.2) is 0 Å². The van der Waals surface area contributed by atoms with Gasteiger partial charge in [0.05, 0.1) is 5.56 Å². The van der Waals surface area contributed by atoms with E-state index in [0.29, 0.717) is 5.92 Å². The molecule has 0 unspecified atom stereocenters. The molecule has 1 saturated heterocycles. The lowest BCUT2D eigenvalue weighted by Crippen LogP contribution is -2.38. The smallest absolute Gasteiger partial charge is 0.255 e. The van der Waals surface area contributed by atoms with E-state index in [1.165, 1.54) is 6.42 Å². The summed E-state index contributed by atoms with van der Waals surface area (Å²) in [6.45, 7) is 4.01. The van der Waals surface area contributed by atoms with Crippen LogP contribution in [0.1, 0.15) is 30.1 Å². The van der Waals surface area contributed by atoms with E-state index in [0.717, 1.165) is 30.6 Å². The number of rotatable bonds is 1. The Labute approximate surface area is 107 Å². The lowest BCUT2D eigenvalue weighted by atomic mass is 10.00. The molecule has 3 heterocycles. The Morgan fingerprint density at radius 3 is 3.06 bits per heavy atom. The molecule has 18 heavy (non-hydrogen) atoms. The number of carbonyl (C=O) groups excluding carboxylic acids is 1. The molecular formula is C15H18N2O. The van der Waals surface area contributed by atoms with Gasteiger partial charge >= 0.3 is 0 Å². The Hall–Kier alpha value is -1.77. The number of piperidine rings is 1. The lowest BCUT2D eigenvalue weighted by Gasteiger charge is -2.30. The molecule has 2 aromatic rings. The molecule has 1 aliphatic heterocycles. The number of fused-ring (bicyclic) bond motifs is 1. The maximum Gasteiger partial charge on any atom is 0.255 e. The number of likely N-dealkylation sites (tertiary alicyclic amines) is 1. The number of carbonyl (C=O) groups is 1. The van der Waals surface area contributed by atoms with Crippen LogP contribution in [0.5, 0.6) is 0 Å². The number of hydrogen-bond donors (Lipinski definition) is 0.